The maximum atomic E-state index is 13.2. The van der Waals surface area contributed by atoms with Gasteiger partial charge in [-0.05, 0) is 44.2 Å². The highest BCUT2D eigenvalue weighted by atomic mass is 19.1. The van der Waals surface area contributed by atoms with Crippen molar-refractivity contribution in [3.8, 4) is 5.69 Å². The van der Waals surface area contributed by atoms with E-state index in [0.717, 1.165) is 17.1 Å². The summed E-state index contributed by atoms with van der Waals surface area (Å²) >= 11 is 0. The third-order valence-corrected chi connectivity index (χ3v) is 5.00. The Morgan fingerprint density at radius 2 is 1.65 bits per heavy atom. The molecule has 1 aromatic heterocycles. The van der Waals surface area contributed by atoms with Crippen LogP contribution in [0.1, 0.15) is 28.7 Å². The molecule has 1 aliphatic rings. The van der Waals surface area contributed by atoms with Crippen molar-refractivity contribution in [3.05, 3.63) is 53.1 Å². The standard InChI is InChI=1S/C20H24FN3O2/c1-14-12-19(15(2)24(14)18-6-4-17(21)5-7-18)20(26)13-22-8-10-23(11-9-22)16(3)25/h4-7,12H,8-11,13H2,1-3H3. The third-order valence-electron chi connectivity index (χ3n) is 5.00. The van der Waals surface area contributed by atoms with Crippen LogP contribution in [0.2, 0.25) is 0 Å². The van der Waals surface area contributed by atoms with Gasteiger partial charge in [0.15, 0.2) is 5.78 Å². The molecule has 1 aliphatic heterocycles. The number of aryl methyl sites for hydroxylation is 1. The highest BCUT2D eigenvalue weighted by molar-refractivity contribution is 5.99. The lowest BCUT2D eigenvalue weighted by Gasteiger charge is -2.33. The number of Topliss-reactive ketones (excluding diaryl/α,β-unsaturated/α-hetero) is 1. The van der Waals surface area contributed by atoms with E-state index in [9.17, 15) is 14.0 Å². The summed E-state index contributed by atoms with van der Waals surface area (Å²) in [5.74, 6) is -0.126. The first-order valence-corrected chi connectivity index (χ1v) is 8.83. The summed E-state index contributed by atoms with van der Waals surface area (Å²) in [6, 6.07) is 8.16. The van der Waals surface area contributed by atoms with Crippen LogP contribution in [0.5, 0.6) is 0 Å². The van der Waals surface area contributed by atoms with Crippen molar-refractivity contribution in [1.29, 1.82) is 0 Å². The average molecular weight is 357 g/mol. The van der Waals surface area contributed by atoms with Crippen molar-refractivity contribution in [2.45, 2.75) is 20.8 Å². The molecule has 3 rings (SSSR count). The fourth-order valence-corrected chi connectivity index (χ4v) is 3.54. The molecule has 5 nitrogen and oxygen atoms in total. The summed E-state index contributed by atoms with van der Waals surface area (Å²) in [6.45, 7) is 8.53. The first-order valence-electron chi connectivity index (χ1n) is 8.83. The predicted octanol–water partition coefficient (Wildman–Crippen LogP) is 2.58. The molecule has 1 fully saturated rings. The number of rotatable bonds is 4. The van der Waals surface area contributed by atoms with Gasteiger partial charge in [-0.2, -0.15) is 0 Å². The van der Waals surface area contributed by atoms with E-state index in [2.05, 4.69) is 4.90 Å². The lowest BCUT2D eigenvalue weighted by atomic mass is 10.1. The molecule has 0 atom stereocenters. The van der Waals surface area contributed by atoms with Gasteiger partial charge in [-0.25, -0.2) is 4.39 Å². The average Bonchev–Trinajstić information content (AvgIpc) is 2.91. The van der Waals surface area contributed by atoms with Crippen molar-refractivity contribution in [2.24, 2.45) is 0 Å². The van der Waals surface area contributed by atoms with Crippen LogP contribution in [0.15, 0.2) is 30.3 Å². The quantitative estimate of drug-likeness (QED) is 0.790. The van der Waals surface area contributed by atoms with Gasteiger partial charge in [0, 0.05) is 55.7 Å². The van der Waals surface area contributed by atoms with Gasteiger partial charge in [0.05, 0.1) is 6.54 Å². The molecule has 0 radical (unpaired) electrons. The summed E-state index contributed by atoms with van der Waals surface area (Å²) in [6.07, 6.45) is 0. The Kier molecular flexibility index (Phi) is 5.23. The molecule has 0 unspecified atom stereocenters. The lowest BCUT2D eigenvalue weighted by Crippen LogP contribution is -2.49. The molecule has 0 N–H and O–H groups in total. The smallest absolute Gasteiger partial charge is 0.219 e. The summed E-state index contributed by atoms with van der Waals surface area (Å²) in [5, 5.41) is 0. The van der Waals surface area contributed by atoms with E-state index in [1.165, 1.54) is 12.1 Å². The van der Waals surface area contributed by atoms with Crippen LogP contribution in [0.25, 0.3) is 5.69 Å². The number of carbonyl (C=O) groups excluding carboxylic acids is 2. The monoisotopic (exact) mass is 357 g/mol. The number of piperazine rings is 1. The maximum absolute atomic E-state index is 13.2. The number of carbonyl (C=O) groups is 2. The normalized spacial score (nSPS) is 15.3. The Bertz CT molecular complexity index is 818. The van der Waals surface area contributed by atoms with Gasteiger partial charge in [0.1, 0.15) is 5.82 Å². The van der Waals surface area contributed by atoms with E-state index < -0.39 is 0 Å². The Morgan fingerprint density at radius 3 is 2.23 bits per heavy atom. The van der Waals surface area contributed by atoms with Gasteiger partial charge < -0.3 is 9.47 Å². The van der Waals surface area contributed by atoms with Crippen molar-refractivity contribution in [3.63, 3.8) is 0 Å². The van der Waals surface area contributed by atoms with E-state index in [1.807, 2.05) is 24.5 Å². The molecule has 1 amide bonds. The van der Waals surface area contributed by atoms with E-state index in [1.54, 1.807) is 24.0 Å². The molecule has 0 aliphatic carbocycles. The van der Waals surface area contributed by atoms with Gasteiger partial charge >= 0.3 is 0 Å². The zero-order valence-electron chi connectivity index (χ0n) is 15.5. The molecule has 26 heavy (non-hydrogen) atoms. The fraction of sp³-hybridized carbons (Fsp3) is 0.400. The molecule has 2 aromatic rings. The zero-order valence-corrected chi connectivity index (χ0v) is 15.5. The minimum atomic E-state index is -0.280. The summed E-state index contributed by atoms with van der Waals surface area (Å²) in [7, 11) is 0. The minimum absolute atomic E-state index is 0.0720. The van der Waals surface area contributed by atoms with Gasteiger partial charge in [0.2, 0.25) is 5.91 Å². The van der Waals surface area contributed by atoms with E-state index in [0.29, 0.717) is 38.3 Å². The van der Waals surface area contributed by atoms with Gasteiger partial charge in [-0.15, -0.1) is 0 Å². The number of halogens is 1. The molecule has 138 valence electrons. The number of hydrogen-bond donors (Lipinski definition) is 0. The number of ketones is 1. The zero-order chi connectivity index (χ0) is 18.8. The predicted molar refractivity (Wildman–Crippen MR) is 98.2 cm³/mol. The molecular formula is C20H24FN3O2. The van der Waals surface area contributed by atoms with Gasteiger partial charge in [-0.3, -0.25) is 14.5 Å². The second-order valence-corrected chi connectivity index (χ2v) is 6.80. The molecule has 6 heteroatoms. The van der Waals surface area contributed by atoms with Crippen LogP contribution >= 0.6 is 0 Å². The second kappa shape index (κ2) is 7.41. The highest BCUT2D eigenvalue weighted by Crippen LogP contribution is 2.22. The molecule has 1 saturated heterocycles. The third kappa shape index (κ3) is 3.70. The Balaban J connectivity index is 1.74. The van der Waals surface area contributed by atoms with E-state index in [-0.39, 0.29) is 17.5 Å². The van der Waals surface area contributed by atoms with Crippen LogP contribution in [-0.2, 0) is 4.79 Å². The molecule has 0 bridgehead atoms. The van der Waals surface area contributed by atoms with Crippen molar-refractivity contribution >= 4 is 11.7 Å². The number of nitrogens with zero attached hydrogens (tertiary/aromatic N) is 3. The maximum Gasteiger partial charge on any atom is 0.219 e. The van der Waals surface area contributed by atoms with Gasteiger partial charge in [0.25, 0.3) is 0 Å². The van der Waals surface area contributed by atoms with Crippen molar-refractivity contribution in [2.75, 3.05) is 32.7 Å². The molecular weight excluding hydrogens is 333 g/mol. The minimum Gasteiger partial charge on any atom is -0.340 e. The summed E-state index contributed by atoms with van der Waals surface area (Å²) in [5.41, 5.74) is 3.34. The SMILES string of the molecule is CC(=O)N1CCN(CC(=O)c2cc(C)n(-c3ccc(F)cc3)c2C)CC1. The van der Waals surface area contributed by atoms with Crippen molar-refractivity contribution in [1.82, 2.24) is 14.4 Å². The molecule has 1 aromatic carbocycles. The Hall–Kier alpha value is -2.47. The van der Waals surface area contributed by atoms with Crippen LogP contribution in [0.3, 0.4) is 0 Å². The van der Waals surface area contributed by atoms with Crippen LogP contribution in [0, 0.1) is 19.7 Å². The lowest BCUT2D eigenvalue weighted by molar-refractivity contribution is -0.130. The van der Waals surface area contributed by atoms with E-state index in [4.69, 9.17) is 0 Å². The summed E-state index contributed by atoms with van der Waals surface area (Å²) in [4.78, 5) is 28.1. The largest absolute Gasteiger partial charge is 0.340 e. The number of aromatic nitrogens is 1. The molecule has 0 saturated carbocycles. The van der Waals surface area contributed by atoms with Crippen LogP contribution in [0.4, 0.5) is 4.39 Å². The Morgan fingerprint density at radius 1 is 1.04 bits per heavy atom. The Labute approximate surface area is 153 Å². The van der Waals surface area contributed by atoms with E-state index >= 15 is 0 Å². The number of amides is 1. The number of benzene rings is 1. The first kappa shape index (κ1) is 18.3. The second-order valence-electron chi connectivity index (χ2n) is 6.80. The first-order chi connectivity index (χ1) is 12.4. The summed E-state index contributed by atoms with van der Waals surface area (Å²) < 4.78 is 15.2. The molecule has 0 spiro atoms. The van der Waals surface area contributed by atoms with Crippen molar-refractivity contribution < 1.29 is 14.0 Å². The van der Waals surface area contributed by atoms with Gasteiger partial charge in [-0.1, -0.05) is 0 Å². The number of hydrogen-bond acceptors (Lipinski definition) is 3. The fourth-order valence-electron chi connectivity index (χ4n) is 3.54. The van der Waals surface area contributed by atoms with Crippen LogP contribution in [-0.4, -0.2) is 58.8 Å². The topological polar surface area (TPSA) is 45.6 Å². The molecule has 2 heterocycles. The van der Waals surface area contributed by atoms with Crippen LogP contribution < -0.4 is 0 Å². The highest BCUT2D eigenvalue weighted by Gasteiger charge is 2.23.